The Hall–Kier alpha value is -0.650. The molecule has 0 aliphatic heterocycles. The molecule has 4 N–H and O–H groups in total. The number of carbonyl (C=O) groups is 1. The fraction of sp³-hybridized carbons (Fsp3) is 0.889. The summed E-state index contributed by atoms with van der Waals surface area (Å²) in [5.41, 5.74) is 1.30. The van der Waals surface area contributed by atoms with Gasteiger partial charge in [-0.15, -0.1) is 0 Å². The predicted octanol–water partition coefficient (Wildman–Crippen LogP) is -0.542. The molecule has 0 aliphatic carbocycles. The summed E-state index contributed by atoms with van der Waals surface area (Å²) in [6.45, 7) is 8.26. The van der Waals surface area contributed by atoms with E-state index in [1.807, 2.05) is 11.8 Å². The maximum absolute atomic E-state index is 11.2. The zero-order valence-corrected chi connectivity index (χ0v) is 9.37. The van der Waals surface area contributed by atoms with Gasteiger partial charge in [0, 0.05) is 6.54 Å². The van der Waals surface area contributed by atoms with Gasteiger partial charge in [-0.05, 0) is 27.3 Å². The van der Waals surface area contributed by atoms with E-state index in [0.29, 0.717) is 13.1 Å². The molecule has 84 valence electrons. The zero-order valence-electron chi connectivity index (χ0n) is 9.37. The second-order valence-electron chi connectivity index (χ2n) is 4.06. The number of hydrogen-bond acceptors (Lipinski definition) is 4. The summed E-state index contributed by atoms with van der Waals surface area (Å²) in [7, 11) is 0. The molecular formula is C9H21N3O2. The largest absolute Gasteiger partial charge is 0.389 e. The second kappa shape index (κ2) is 5.29. The maximum Gasteiger partial charge on any atom is 0.250 e. The Labute approximate surface area is 85.2 Å². The van der Waals surface area contributed by atoms with E-state index in [1.54, 1.807) is 20.8 Å². The summed E-state index contributed by atoms with van der Waals surface area (Å²) in [6.07, 6.45) is 0. The molecule has 5 heteroatoms. The Morgan fingerprint density at radius 2 is 2.14 bits per heavy atom. The van der Waals surface area contributed by atoms with Crippen LogP contribution in [0.3, 0.4) is 0 Å². The van der Waals surface area contributed by atoms with Crippen LogP contribution in [-0.4, -0.2) is 40.6 Å². The Morgan fingerprint density at radius 1 is 1.64 bits per heavy atom. The highest BCUT2D eigenvalue weighted by molar-refractivity contribution is 5.80. The number of nitrogens with one attached hydrogen (secondary N) is 1. The van der Waals surface area contributed by atoms with Crippen molar-refractivity contribution in [3.63, 3.8) is 0 Å². The SMILES string of the molecule is CCN(CC(C)(C)O)C(C)C(=O)NN. The van der Waals surface area contributed by atoms with Gasteiger partial charge >= 0.3 is 0 Å². The fourth-order valence-electron chi connectivity index (χ4n) is 1.31. The van der Waals surface area contributed by atoms with E-state index < -0.39 is 5.60 Å². The molecule has 0 aromatic rings. The molecule has 14 heavy (non-hydrogen) atoms. The first kappa shape index (κ1) is 13.4. The van der Waals surface area contributed by atoms with Crippen molar-refractivity contribution in [1.29, 1.82) is 0 Å². The molecule has 0 aromatic carbocycles. The van der Waals surface area contributed by atoms with E-state index in [2.05, 4.69) is 5.43 Å². The van der Waals surface area contributed by atoms with Crippen molar-refractivity contribution in [3.8, 4) is 0 Å². The van der Waals surface area contributed by atoms with Gasteiger partial charge in [-0.25, -0.2) is 5.84 Å². The molecule has 5 nitrogen and oxygen atoms in total. The molecule has 0 fully saturated rings. The number of hydrazine groups is 1. The van der Waals surface area contributed by atoms with Gasteiger partial charge in [-0.2, -0.15) is 0 Å². The molecule has 0 saturated carbocycles. The number of likely N-dealkylation sites (N-methyl/N-ethyl adjacent to an activating group) is 1. The third-order valence-corrected chi connectivity index (χ3v) is 2.07. The summed E-state index contributed by atoms with van der Waals surface area (Å²) in [6, 6.07) is -0.323. The average molecular weight is 203 g/mol. The van der Waals surface area contributed by atoms with Gasteiger partial charge in [-0.3, -0.25) is 15.1 Å². The number of nitrogens with two attached hydrogens (primary N) is 1. The molecule has 0 aliphatic rings. The van der Waals surface area contributed by atoms with Crippen LogP contribution in [0.5, 0.6) is 0 Å². The lowest BCUT2D eigenvalue weighted by molar-refractivity contribution is -0.126. The van der Waals surface area contributed by atoms with Crippen LogP contribution in [0.1, 0.15) is 27.7 Å². The number of amides is 1. The summed E-state index contributed by atoms with van der Waals surface area (Å²) in [4.78, 5) is 13.1. The first-order chi connectivity index (χ1) is 6.31. The topological polar surface area (TPSA) is 78.6 Å². The quantitative estimate of drug-likeness (QED) is 0.318. The monoisotopic (exact) mass is 203 g/mol. The van der Waals surface area contributed by atoms with Crippen LogP contribution in [0.4, 0.5) is 0 Å². The van der Waals surface area contributed by atoms with E-state index in [4.69, 9.17) is 5.84 Å². The van der Waals surface area contributed by atoms with Crippen LogP contribution in [0.25, 0.3) is 0 Å². The highest BCUT2D eigenvalue weighted by Crippen LogP contribution is 2.08. The van der Waals surface area contributed by atoms with Crippen LogP contribution in [0.15, 0.2) is 0 Å². The van der Waals surface area contributed by atoms with Gasteiger partial charge in [0.25, 0.3) is 5.91 Å². The molecule has 0 heterocycles. The Morgan fingerprint density at radius 3 is 2.43 bits per heavy atom. The molecular weight excluding hydrogens is 182 g/mol. The molecule has 0 radical (unpaired) electrons. The lowest BCUT2D eigenvalue weighted by Crippen LogP contribution is -2.51. The van der Waals surface area contributed by atoms with E-state index >= 15 is 0 Å². The number of aliphatic hydroxyl groups is 1. The Bertz CT molecular complexity index is 189. The van der Waals surface area contributed by atoms with Gasteiger partial charge in [-0.1, -0.05) is 6.92 Å². The third-order valence-electron chi connectivity index (χ3n) is 2.07. The van der Waals surface area contributed by atoms with Crippen molar-refractivity contribution in [2.45, 2.75) is 39.3 Å². The van der Waals surface area contributed by atoms with Gasteiger partial charge in [0.15, 0.2) is 0 Å². The van der Waals surface area contributed by atoms with Gasteiger partial charge in [0.2, 0.25) is 0 Å². The molecule has 1 unspecified atom stereocenters. The first-order valence-corrected chi connectivity index (χ1v) is 4.78. The predicted molar refractivity (Wildman–Crippen MR) is 55.3 cm³/mol. The molecule has 0 saturated heterocycles. The summed E-state index contributed by atoms with van der Waals surface area (Å²) >= 11 is 0. The first-order valence-electron chi connectivity index (χ1n) is 4.78. The minimum Gasteiger partial charge on any atom is -0.389 e. The van der Waals surface area contributed by atoms with Crippen LogP contribution in [0.2, 0.25) is 0 Å². The number of carbonyl (C=O) groups excluding carboxylic acids is 1. The van der Waals surface area contributed by atoms with E-state index in [1.165, 1.54) is 0 Å². The van der Waals surface area contributed by atoms with Crippen LogP contribution in [0, 0.1) is 0 Å². The standard InChI is InChI=1S/C9H21N3O2/c1-5-12(6-9(3,4)14)7(2)8(13)11-10/h7,14H,5-6,10H2,1-4H3,(H,11,13). The fourth-order valence-corrected chi connectivity index (χ4v) is 1.31. The molecule has 0 spiro atoms. The highest BCUT2D eigenvalue weighted by atomic mass is 16.3. The number of rotatable bonds is 5. The van der Waals surface area contributed by atoms with Crippen molar-refractivity contribution in [1.82, 2.24) is 10.3 Å². The lowest BCUT2D eigenvalue weighted by Gasteiger charge is -2.31. The minimum atomic E-state index is -0.806. The second-order valence-corrected chi connectivity index (χ2v) is 4.06. The van der Waals surface area contributed by atoms with Crippen molar-refractivity contribution >= 4 is 5.91 Å². The van der Waals surface area contributed by atoms with E-state index in [0.717, 1.165) is 0 Å². The normalized spacial score (nSPS) is 14.2. The van der Waals surface area contributed by atoms with Crippen molar-refractivity contribution in [2.75, 3.05) is 13.1 Å². The highest BCUT2D eigenvalue weighted by Gasteiger charge is 2.24. The molecule has 0 aromatic heterocycles. The zero-order chi connectivity index (χ0) is 11.4. The summed E-state index contributed by atoms with van der Waals surface area (Å²) < 4.78 is 0. The Kier molecular flexibility index (Phi) is 5.04. The van der Waals surface area contributed by atoms with Crippen LogP contribution in [-0.2, 0) is 4.79 Å². The lowest BCUT2D eigenvalue weighted by atomic mass is 10.1. The molecule has 0 bridgehead atoms. The maximum atomic E-state index is 11.2. The van der Waals surface area contributed by atoms with Crippen LogP contribution >= 0.6 is 0 Å². The minimum absolute atomic E-state index is 0.240. The number of nitrogens with zero attached hydrogens (tertiary/aromatic N) is 1. The number of hydrogen-bond donors (Lipinski definition) is 3. The smallest absolute Gasteiger partial charge is 0.250 e. The van der Waals surface area contributed by atoms with Crippen molar-refractivity contribution in [3.05, 3.63) is 0 Å². The van der Waals surface area contributed by atoms with Gasteiger partial charge in [0.05, 0.1) is 11.6 Å². The van der Waals surface area contributed by atoms with E-state index in [-0.39, 0.29) is 11.9 Å². The molecule has 0 rings (SSSR count). The molecule has 1 amide bonds. The van der Waals surface area contributed by atoms with Gasteiger partial charge < -0.3 is 5.11 Å². The summed E-state index contributed by atoms with van der Waals surface area (Å²) in [5, 5.41) is 9.62. The molecule has 1 atom stereocenters. The third kappa shape index (κ3) is 4.55. The van der Waals surface area contributed by atoms with Gasteiger partial charge in [0.1, 0.15) is 0 Å². The van der Waals surface area contributed by atoms with E-state index in [9.17, 15) is 9.90 Å². The van der Waals surface area contributed by atoms with Crippen LogP contribution < -0.4 is 11.3 Å². The van der Waals surface area contributed by atoms with Crippen molar-refractivity contribution < 1.29 is 9.90 Å². The Balaban J connectivity index is 4.33. The van der Waals surface area contributed by atoms with Crippen molar-refractivity contribution in [2.24, 2.45) is 5.84 Å². The summed E-state index contributed by atoms with van der Waals surface area (Å²) in [5.74, 6) is 4.80. The average Bonchev–Trinajstić information content (AvgIpc) is 2.10.